The molecular weight excluding hydrogens is 252 g/mol. The van der Waals surface area contributed by atoms with E-state index in [0.717, 1.165) is 22.3 Å². The maximum Gasteiger partial charge on any atom is 0.0511 e. The molecule has 0 spiro atoms. The van der Waals surface area contributed by atoms with Crippen LogP contribution in [0.2, 0.25) is 0 Å². The summed E-state index contributed by atoms with van der Waals surface area (Å²) in [7, 11) is 2.04. The number of likely N-dealkylation sites (N-methyl/N-ethyl adjacent to an activating group) is 1. The molecule has 15 heavy (non-hydrogen) atoms. The zero-order chi connectivity index (χ0) is 11.4. The molecule has 0 aliphatic heterocycles. The predicted molar refractivity (Wildman–Crippen MR) is 70.2 cm³/mol. The lowest BCUT2D eigenvalue weighted by molar-refractivity contribution is 0.817. The lowest BCUT2D eigenvalue weighted by Crippen LogP contribution is -2.17. The molecule has 3 heteroatoms. The number of rotatable bonds is 4. The van der Waals surface area contributed by atoms with E-state index in [0.29, 0.717) is 0 Å². The first-order valence-electron chi connectivity index (χ1n) is 4.93. The van der Waals surface area contributed by atoms with Gasteiger partial charge in [0.25, 0.3) is 0 Å². The predicted octanol–water partition coefficient (Wildman–Crippen LogP) is 3.09. The van der Waals surface area contributed by atoms with Crippen molar-refractivity contribution >= 4 is 21.6 Å². The first kappa shape index (κ1) is 12.3. The van der Waals surface area contributed by atoms with Crippen molar-refractivity contribution < 1.29 is 0 Å². The van der Waals surface area contributed by atoms with Gasteiger partial charge in [-0.1, -0.05) is 12.1 Å². The molecule has 0 radical (unpaired) electrons. The van der Waals surface area contributed by atoms with Gasteiger partial charge in [0.2, 0.25) is 0 Å². The minimum absolute atomic E-state index is 0.0695. The van der Waals surface area contributed by atoms with E-state index in [2.05, 4.69) is 45.6 Å². The van der Waals surface area contributed by atoms with Gasteiger partial charge in [-0.2, -0.15) is 0 Å². The number of nitrogens with two attached hydrogens (primary N) is 1. The van der Waals surface area contributed by atoms with E-state index in [-0.39, 0.29) is 6.04 Å². The van der Waals surface area contributed by atoms with Crippen LogP contribution in [-0.4, -0.2) is 13.6 Å². The number of nitrogens with zero attached hydrogens (tertiary/aromatic N) is 1. The average molecular weight is 269 g/mol. The van der Waals surface area contributed by atoms with E-state index >= 15 is 0 Å². The molecule has 82 valence electrons. The molecule has 0 aliphatic rings. The Hall–Kier alpha value is -0.800. The molecule has 1 atom stereocenters. The molecule has 0 saturated carbocycles. The minimum Gasteiger partial charge on any atom is -0.370 e. The van der Waals surface area contributed by atoms with Crippen molar-refractivity contribution in [1.82, 2.24) is 0 Å². The van der Waals surface area contributed by atoms with Crippen LogP contribution in [0.5, 0.6) is 0 Å². The van der Waals surface area contributed by atoms with Crippen molar-refractivity contribution in [2.75, 3.05) is 18.5 Å². The van der Waals surface area contributed by atoms with E-state index in [1.54, 1.807) is 0 Å². The molecule has 0 amide bonds. The van der Waals surface area contributed by atoms with Crippen LogP contribution in [0.25, 0.3) is 0 Å². The Labute approximate surface area is 99.9 Å². The fourth-order valence-corrected chi connectivity index (χ4v) is 2.11. The Bertz CT molecular complexity index is 347. The molecule has 0 aliphatic carbocycles. The third kappa shape index (κ3) is 3.08. The van der Waals surface area contributed by atoms with Gasteiger partial charge in [0, 0.05) is 24.1 Å². The maximum atomic E-state index is 5.82. The molecule has 0 bridgehead atoms. The van der Waals surface area contributed by atoms with Gasteiger partial charge in [-0.25, -0.2) is 0 Å². The van der Waals surface area contributed by atoms with E-state index in [4.69, 9.17) is 5.73 Å². The second kappa shape index (κ2) is 5.33. The quantitative estimate of drug-likeness (QED) is 0.851. The van der Waals surface area contributed by atoms with Gasteiger partial charge in [-0.3, -0.25) is 0 Å². The summed E-state index contributed by atoms with van der Waals surface area (Å²) in [4.78, 5) is 2.13. The van der Waals surface area contributed by atoms with Crippen LogP contribution in [0.1, 0.15) is 18.5 Å². The van der Waals surface area contributed by atoms with Crippen LogP contribution < -0.4 is 10.6 Å². The Kier molecular flexibility index (Phi) is 4.36. The first-order chi connectivity index (χ1) is 7.06. The van der Waals surface area contributed by atoms with Crippen LogP contribution in [-0.2, 0) is 0 Å². The zero-order valence-corrected chi connectivity index (χ0v) is 10.8. The van der Waals surface area contributed by atoms with Crippen molar-refractivity contribution in [2.45, 2.75) is 13.0 Å². The van der Waals surface area contributed by atoms with Crippen LogP contribution in [0.4, 0.5) is 5.69 Å². The minimum atomic E-state index is 0.0695. The van der Waals surface area contributed by atoms with Gasteiger partial charge in [0.1, 0.15) is 0 Å². The normalized spacial score (nSPS) is 12.3. The van der Waals surface area contributed by atoms with Crippen LogP contribution >= 0.6 is 15.9 Å². The molecule has 1 unspecified atom stereocenters. The molecule has 2 nitrogen and oxygen atoms in total. The van der Waals surface area contributed by atoms with Gasteiger partial charge in [-0.15, -0.1) is 6.58 Å². The topological polar surface area (TPSA) is 29.3 Å². The van der Waals surface area contributed by atoms with E-state index in [1.807, 2.05) is 20.0 Å². The number of benzene rings is 1. The standard InChI is InChI=1S/C12H17BrN2/c1-4-7-15(3)12-6-5-10(9(2)14)8-11(12)13/h4-6,8-9H,1,7,14H2,2-3H3. The summed E-state index contributed by atoms with van der Waals surface area (Å²) in [5, 5.41) is 0. The average Bonchev–Trinajstić information content (AvgIpc) is 2.17. The fourth-order valence-electron chi connectivity index (χ4n) is 1.41. The summed E-state index contributed by atoms with van der Waals surface area (Å²) in [6.07, 6.45) is 1.88. The van der Waals surface area contributed by atoms with E-state index in [1.165, 1.54) is 0 Å². The van der Waals surface area contributed by atoms with Crippen molar-refractivity contribution in [3.05, 3.63) is 40.9 Å². The van der Waals surface area contributed by atoms with Crippen LogP contribution in [0.15, 0.2) is 35.3 Å². The summed E-state index contributed by atoms with van der Waals surface area (Å²) in [6.45, 7) is 6.54. The van der Waals surface area contributed by atoms with Crippen molar-refractivity contribution in [3.8, 4) is 0 Å². The summed E-state index contributed by atoms with van der Waals surface area (Å²) in [6, 6.07) is 6.27. The fraction of sp³-hybridized carbons (Fsp3) is 0.333. The molecule has 1 aromatic rings. The van der Waals surface area contributed by atoms with Gasteiger partial charge >= 0.3 is 0 Å². The van der Waals surface area contributed by atoms with Crippen molar-refractivity contribution in [1.29, 1.82) is 0 Å². The molecule has 0 fully saturated rings. The Balaban J connectivity index is 2.97. The van der Waals surface area contributed by atoms with Crippen LogP contribution in [0.3, 0.4) is 0 Å². The Morgan fingerprint density at radius 1 is 1.60 bits per heavy atom. The molecule has 1 rings (SSSR count). The largest absolute Gasteiger partial charge is 0.370 e. The van der Waals surface area contributed by atoms with Crippen molar-refractivity contribution in [2.24, 2.45) is 5.73 Å². The third-order valence-electron chi connectivity index (χ3n) is 2.31. The molecule has 2 N–H and O–H groups in total. The maximum absolute atomic E-state index is 5.82. The molecule has 0 aromatic heterocycles. The molecular formula is C12H17BrN2. The van der Waals surface area contributed by atoms with Crippen LogP contribution in [0, 0.1) is 0 Å². The second-order valence-corrected chi connectivity index (χ2v) is 4.52. The number of halogens is 1. The number of hydrogen-bond acceptors (Lipinski definition) is 2. The highest BCUT2D eigenvalue weighted by atomic mass is 79.9. The van der Waals surface area contributed by atoms with Crippen molar-refractivity contribution in [3.63, 3.8) is 0 Å². The zero-order valence-electron chi connectivity index (χ0n) is 9.20. The lowest BCUT2D eigenvalue weighted by Gasteiger charge is -2.20. The smallest absolute Gasteiger partial charge is 0.0511 e. The first-order valence-corrected chi connectivity index (χ1v) is 5.72. The Morgan fingerprint density at radius 3 is 2.73 bits per heavy atom. The SMILES string of the molecule is C=CCN(C)c1ccc(C(C)N)cc1Br. The highest BCUT2D eigenvalue weighted by Gasteiger charge is 2.07. The van der Waals surface area contributed by atoms with E-state index in [9.17, 15) is 0 Å². The summed E-state index contributed by atoms with van der Waals surface area (Å²) in [5.74, 6) is 0. The van der Waals surface area contributed by atoms with E-state index < -0.39 is 0 Å². The number of hydrogen-bond donors (Lipinski definition) is 1. The molecule has 0 saturated heterocycles. The molecule has 0 heterocycles. The van der Waals surface area contributed by atoms with Gasteiger partial charge in [0.15, 0.2) is 0 Å². The highest BCUT2D eigenvalue weighted by Crippen LogP contribution is 2.28. The van der Waals surface area contributed by atoms with Gasteiger partial charge < -0.3 is 10.6 Å². The van der Waals surface area contributed by atoms with Gasteiger partial charge in [0.05, 0.1) is 5.69 Å². The molecule has 1 aromatic carbocycles. The number of anilines is 1. The highest BCUT2D eigenvalue weighted by molar-refractivity contribution is 9.10. The second-order valence-electron chi connectivity index (χ2n) is 3.67. The summed E-state index contributed by atoms with van der Waals surface area (Å²) < 4.78 is 1.07. The third-order valence-corrected chi connectivity index (χ3v) is 2.95. The van der Waals surface area contributed by atoms with Gasteiger partial charge in [-0.05, 0) is 40.5 Å². The summed E-state index contributed by atoms with van der Waals surface area (Å²) in [5.41, 5.74) is 8.11. The Morgan fingerprint density at radius 2 is 2.27 bits per heavy atom. The summed E-state index contributed by atoms with van der Waals surface area (Å²) >= 11 is 3.55. The lowest BCUT2D eigenvalue weighted by atomic mass is 10.1. The monoisotopic (exact) mass is 268 g/mol.